The van der Waals surface area contributed by atoms with Crippen molar-refractivity contribution < 1.29 is 4.74 Å². The molecule has 1 saturated carbocycles. The van der Waals surface area contributed by atoms with Crippen molar-refractivity contribution in [1.82, 2.24) is 4.98 Å². The van der Waals surface area contributed by atoms with Crippen molar-refractivity contribution in [2.24, 2.45) is 5.92 Å². The molecule has 112 valence electrons. The van der Waals surface area contributed by atoms with E-state index in [0.717, 1.165) is 12.4 Å². The van der Waals surface area contributed by atoms with Gasteiger partial charge in [0, 0.05) is 12.6 Å². The Hall–Kier alpha value is -1.45. The van der Waals surface area contributed by atoms with Crippen molar-refractivity contribution in [3.8, 4) is 5.88 Å². The molecule has 20 heavy (non-hydrogen) atoms. The van der Waals surface area contributed by atoms with Gasteiger partial charge >= 0.3 is 0 Å². The predicted molar refractivity (Wildman–Crippen MR) is 84.2 cm³/mol. The lowest BCUT2D eigenvalue weighted by molar-refractivity contribution is 0.234. The number of rotatable bonds is 7. The van der Waals surface area contributed by atoms with E-state index in [9.17, 15) is 0 Å². The molecule has 1 heterocycles. The molecule has 4 heteroatoms. The molecule has 0 saturated heterocycles. The Morgan fingerprint density at radius 2 is 2.00 bits per heavy atom. The van der Waals surface area contributed by atoms with Crippen molar-refractivity contribution in [2.45, 2.75) is 59.1 Å². The molecule has 0 atom stereocenters. The van der Waals surface area contributed by atoms with Gasteiger partial charge in [0.15, 0.2) is 0 Å². The summed E-state index contributed by atoms with van der Waals surface area (Å²) in [5.74, 6) is 2.27. The molecule has 0 spiro atoms. The Morgan fingerprint density at radius 1 is 1.30 bits per heavy atom. The van der Waals surface area contributed by atoms with E-state index >= 15 is 0 Å². The molecule has 4 nitrogen and oxygen atoms in total. The number of hydrogen-bond donors (Lipinski definition) is 1. The Balaban J connectivity index is 2.15. The Morgan fingerprint density at radius 3 is 2.55 bits per heavy atom. The number of ether oxygens (including phenoxy) is 1. The van der Waals surface area contributed by atoms with Crippen LogP contribution < -0.4 is 15.4 Å². The first-order chi connectivity index (χ1) is 9.47. The molecule has 2 N–H and O–H groups in total. The minimum Gasteiger partial charge on any atom is -0.473 e. The van der Waals surface area contributed by atoms with Gasteiger partial charge in [-0.1, -0.05) is 13.8 Å². The van der Waals surface area contributed by atoms with Gasteiger partial charge in [-0.05, 0) is 51.2 Å². The molecule has 1 fully saturated rings. The Bertz CT molecular complexity index is 441. The summed E-state index contributed by atoms with van der Waals surface area (Å²) in [5, 5.41) is 0. The van der Waals surface area contributed by atoms with Gasteiger partial charge in [0.1, 0.15) is 5.82 Å². The molecule has 1 aromatic rings. The highest BCUT2D eigenvalue weighted by molar-refractivity contribution is 5.55. The number of nitrogen functional groups attached to an aromatic ring is 1. The van der Waals surface area contributed by atoms with Crippen LogP contribution in [0.2, 0.25) is 0 Å². The summed E-state index contributed by atoms with van der Waals surface area (Å²) >= 11 is 0. The monoisotopic (exact) mass is 277 g/mol. The van der Waals surface area contributed by atoms with E-state index in [1.54, 1.807) is 0 Å². The molecular weight excluding hydrogens is 250 g/mol. The van der Waals surface area contributed by atoms with Crippen LogP contribution >= 0.6 is 0 Å². The molecule has 2 rings (SSSR count). The molecule has 1 aliphatic carbocycles. The third-order valence-corrected chi connectivity index (χ3v) is 3.45. The van der Waals surface area contributed by atoms with Crippen LogP contribution in [0, 0.1) is 5.92 Å². The van der Waals surface area contributed by atoms with E-state index in [1.807, 2.05) is 26.0 Å². The van der Waals surface area contributed by atoms with Gasteiger partial charge in [0.25, 0.3) is 0 Å². The first-order valence-electron chi connectivity index (χ1n) is 7.67. The van der Waals surface area contributed by atoms with Crippen LogP contribution in [-0.4, -0.2) is 23.7 Å². The second-order valence-corrected chi connectivity index (χ2v) is 6.34. The van der Waals surface area contributed by atoms with Crippen molar-refractivity contribution in [3.63, 3.8) is 0 Å². The van der Waals surface area contributed by atoms with Crippen molar-refractivity contribution in [3.05, 3.63) is 12.1 Å². The minimum absolute atomic E-state index is 0.0880. The Kier molecular flexibility index (Phi) is 4.73. The summed E-state index contributed by atoms with van der Waals surface area (Å²) in [6.45, 7) is 9.56. The largest absolute Gasteiger partial charge is 0.473 e. The number of hydrogen-bond acceptors (Lipinski definition) is 4. The van der Waals surface area contributed by atoms with E-state index in [1.165, 1.54) is 19.3 Å². The quantitative estimate of drug-likeness (QED) is 0.829. The van der Waals surface area contributed by atoms with Crippen molar-refractivity contribution in [2.75, 3.05) is 17.2 Å². The van der Waals surface area contributed by atoms with E-state index in [-0.39, 0.29) is 6.10 Å². The zero-order chi connectivity index (χ0) is 14.7. The number of aromatic nitrogens is 1. The van der Waals surface area contributed by atoms with Crippen LogP contribution in [0.5, 0.6) is 5.88 Å². The average molecular weight is 277 g/mol. The second-order valence-electron chi connectivity index (χ2n) is 6.34. The van der Waals surface area contributed by atoms with E-state index in [0.29, 0.717) is 23.5 Å². The van der Waals surface area contributed by atoms with Gasteiger partial charge < -0.3 is 15.4 Å². The third kappa shape index (κ3) is 4.02. The summed E-state index contributed by atoms with van der Waals surface area (Å²) in [7, 11) is 0. The zero-order valence-corrected chi connectivity index (χ0v) is 13.1. The van der Waals surface area contributed by atoms with Crippen LogP contribution in [0.4, 0.5) is 11.5 Å². The number of anilines is 2. The molecule has 0 aromatic carbocycles. The average Bonchev–Trinajstić information content (AvgIpc) is 3.16. The number of nitrogens with two attached hydrogens (primary N) is 1. The lowest BCUT2D eigenvalue weighted by atomic mass is 10.1. The predicted octanol–water partition coefficient (Wildman–Crippen LogP) is 3.47. The SMILES string of the molecule is CC(C)CCN(c1ccc(N)c(OC(C)C)n1)C1CC1. The molecule has 1 aliphatic rings. The van der Waals surface area contributed by atoms with Crippen LogP contribution in [0.1, 0.15) is 47.0 Å². The number of nitrogens with zero attached hydrogens (tertiary/aromatic N) is 2. The lowest BCUT2D eigenvalue weighted by Crippen LogP contribution is -2.28. The molecule has 0 bridgehead atoms. The third-order valence-electron chi connectivity index (χ3n) is 3.45. The van der Waals surface area contributed by atoms with Crippen LogP contribution in [0.3, 0.4) is 0 Å². The summed E-state index contributed by atoms with van der Waals surface area (Å²) in [6, 6.07) is 4.57. The standard InChI is InChI=1S/C16H27N3O/c1-11(2)9-10-19(13-5-6-13)15-8-7-14(17)16(18-15)20-12(3)4/h7-8,11-13H,5-6,9-10,17H2,1-4H3. The summed E-state index contributed by atoms with van der Waals surface area (Å²) in [6.07, 6.45) is 3.81. The first kappa shape index (κ1) is 14.9. The van der Waals surface area contributed by atoms with Crippen LogP contribution in [0.25, 0.3) is 0 Å². The lowest BCUT2D eigenvalue weighted by Gasteiger charge is -2.25. The van der Waals surface area contributed by atoms with E-state index in [4.69, 9.17) is 10.5 Å². The summed E-state index contributed by atoms with van der Waals surface area (Å²) < 4.78 is 5.70. The highest BCUT2D eigenvalue weighted by Gasteiger charge is 2.30. The Labute approximate surface area is 122 Å². The highest BCUT2D eigenvalue weighted by atomic mass is 16.5. The number of pyridine rings is 1. The minimum atomic E-state index is 0.0880. The molecule has 1 aromatic heterocycles. The van der Waals surface area contributed by atoms with Gasteiger partial charge in [-0.15, -0.1) is 0 Å². The van der Waals surface area contributed by atoms with Gasteiger partial charge in [0.2, 0.25) is 5.88 Å². The smallest absolute Gasteiger partial charge is 0.239 e. The maximum Gasteiger partial charge on any atom is 0.239 e. The van der Waals surface area contributed by atoms with Gasteiger partial charge in [0.05, 0.1) is 11.8 Å². The van der Waals surface area contributed by atoms with Gasteiger partial charge in [-0.25, -0.2) is 0 Å². The fourth-order valence-electron chi connectivity index (χ4n) is 2.19. The summed E-state index contributed by atoms with van der Waals surface area (Å²) in [4.78, 5) is 7.04. The fraction of sp³-hybridized carbons (Fsp3) is 0.688. The second kappa shape index (κ2) is 6.33. The van der Waals surface area contributed by atoms with Gasteiger partial charge in [-0.3, -0.25) is 0 Å². The molecular formula is C16H27N3O. The molecule has 0 amide bonds. The molecule has 0 unspecified atom stereocenters. The van der Waals surface area contributed by atoms with E-state index < -0.39 is 0 Å². The maximum absolute atomic E-state index is 5.95. The van der Waals surface area contributed by atoms with Crippen molar-refractivity contribution >= 4 is 11.5 Å². The molecule has 0 aliphatic heterocycles. The van der Waals surface area contributed by atoms with Crippen LogP contribution in [0.15, 0.2) is 12.1 Å². The highest BCUT2D eigenvalue weighted by Crippen LogP contribution is 2.33. The van der Waals surface area contributed by atoms with Gasteiger partial charge in [-0.2, -0.15) is 4.98 Å². The topological polar surface area (TPSA) is 51.4 Å². The van der Waals surface area contributed by atoms with Crippen LogP contribution in [-0.2, 0) is 0 Å². The fourth-order valence-corrected chi connectivity index (χ4v) is 2.19. The first-order valence-corrected chi connectivity index (χ1v) is 7.67. The zero-order valence-electron chi connectivity index (χ0n) is 13.1. The normalized spacial score (nSPS) is 14.9. The summed E-state index contributed by atoms with van der Waals surface area (Å²) in [5.41, 5.74) is 6.56. The molecule has 0 radical (unpaired) electrons. The van der Waals surface area contributed by atoms with Crippen molar-refractivity contribution in [1.29, 1.82) is 0 Å². The van der Waals surface area contributed by atoms with E-state index in [2.05, 4.69) is 23.7 Å². The maximum atomic E-state index is 5.95.